The van der Waals surface area contributed by atoms with Gasteiger partial charge in [-0.05, 0) is 29.8 Å². The first-order chi connectivity index (χ1) is 9.52. The minimum Gasteiger partial charge on any atom is -0.395 e. The van der Waals surface area contributed by atoms with Crippen molar-refractivity contribution in [3.63, 3.8) is 0 Å². The summed E-state index contributed by atoms with van der Waals surface area (Å²) in [5.41, 5.74) is 1.48. The number of hydrogen-bond donors (Lipinski definition) is 1. The van der Waals surface area contributed by atoms with Crippen molar-refractivity contribution in [2.75, 3.05) is 5.32 Å². The molecule has 3 nitrogen and oxygen atoms in total. The fourth-order valence-electron chi connectivity index (χ4n) is 1.87. The normalized spacial score (nSPS) is 15.2. The van der Waals surface area contributed by atoms with Gasteiger partial charge in [0.05, 0.1) is 0 Å². The molecule has 0 amide bonds. The third-order valence-electron chi connectivity index (χ3n) is 2.81. The summed E-state index contributed by atoms with van der Waals surface area (Å²) in [5.74, 6) is -0.319. The van der Waals surface area contributed by atoms with Crippen LogP contribution in [-0.2, 0) is 6.54 Å². The predicted molar refractivity (Wildman–Crippen MR) is 66.4 cm³/mol. The Morgan fingerprint density at radius 3 is 2.40 bits per heavy atom. The van der Waals surface area contributed by atoms with Crippen LogP contribution >= 0.6 is 0 Å². The highest BCUT2D eigenvalue weighted by molar-refractivity contribution is 5.56. The Balaban J connectivity index is 1.69. The number of benzene rings is 2. The van der Waals surface area contributed by atoms with Crippen LogP contribution in [0.3, 0.4) is 0 Å². The molecule has 1 heterocycles. The highest BCUT2D eigenvalue weighted by Gasteiger charge is 2.43. The van der Waals surface area contributed by atoms with E-state index in [2.05, 4.69) is 14.8 Å². The van der Waals surface area contributed by atoms with Gasteiger partial charge >= 0.3 is 6.29 Å². The van der Waals surface area contributed by atoms with E-state index in [9.17, 15) is 13.2 Å². The molecule has 0 spiro atoms. The summed E-state index contributed by atoms with van der Waals surface area (Å²) in [5, 5.41) is 3.03. The van der Waals surface area contributed by atoms with Gasteiger partial charge in [0.1, 0.15) is 5.82 Å². The Hall–Kier alpha value is -2.37. The van der Waals surface area contributed by atoms with Gasteiger partial charge in [-0.1, -0.05) is 12.1 Å². The number of anilines is 1. The SMILES string of the molecule is Fc1ccc(CNc2ccc3c(c2)OC(F)(F)O3)cc1. The van der Waals surface area contributed by atoms with Crippen molar-refractivity contribution in [3.8, 4) is 11.5 Å². The molecule has 2 aromatic carbocycles. The summed E-state index contributed by atoms with van der Waals surface area (Å²) >= 11 is 0. The number of ether oxygens (including phenoxy) is 2. The monoisotopic (exact) mass is 281 g/mol. The zero-order valence-corrected chi connectivity index (χ0v) is 10.2. The Bertz CT molecular complexity index is 629. The fourth-order valence-corrected chi connectivity index (χ4v) is 1.87. The predicted octanol–water partition coefficient (Wildman–Crippen LogP) is 3.76. The van der Waals surface area contributed by atoms with Crippen LogP contribution in [0.2, 0.25) is 0 Å². The van der Waals surface area contributed by atoms with Gasteiger partial charge in [-0.3, -0.25) is 0 Å². The van der Waals surface area contributed by atoms with Gasteiger partial charge in [-0.15, -0.1) is 8.78 Å². The van der Waals surface area contributed by atoms with E-state index in [0.29, 0.717) is 12.2 Å². The van der Waals surface area contributed by atoms with E-state index < -0.39 is 6.29 Å². The third-order valence-corrected chi connectivity index (χ3v) is 2.81. The number of alkyl halides is 2. The van der Waals surface area contributed by atoms with E-state index >= 15 is 0 Å². The lowest BCUT2D eigenvalue weighted by molar-refractivity contribution is -0.286. The molecular weight excluding hydrogens is 271 g/mol. The van der Waals surface area contributed by atoms with Crippen molar-refractivity contribution < 1.29 is 22.6 Å². The van der Waals surface area contributed by atoms with Crippen LogP contribution in [0.25, 0.3) is 0 Å². The molecule has 104 valence electrons. The molecule has 0 radical (unpaired) electrons. The number of nitrogens with one attached hydrogen (secondary N) is 1. The van der Waals surface area contributed by atoms with E-state index in [0.717, 1.165) is 5.56 Å². The maximum atomic E-state index is 12.9. The standard InChI is InChI=1S/C14H10F3NO2/c15-10-3-1-9(2-4-10)8-18-11-5-6-12-13(7-11)20-14(16,17)19-12/h1-7,18H,8H2. The molecule has 1 aliphatic rings. The van der Waals surface area contributed by atoms with Gasteiger partial charge < -0.3 is 14.8 Å². The van der Waals surface area contributed by atoms with Crippen molar-refractivity contribution in [1.29, 1.82) is 0 Å². The van der Waals surface area contributed by atoms with Crippen molar-refractivity contribution in [2.24, 2.45) is 0 Å². The van der Waals surface area contributed by atoms with E-state index in [4.69, 9.17) is 0 Å². The van der Waals surface area contributed by atoms with Gasteiger partial charge in [-0.25, -0.2) is 4.39 Å². The lowest BCUT2D eigenvalue weighted by Crippen LogP contribution is -2.25. The third kappa shape index (κ3) is 2.64. The highest BCUT2D eigenvalue weighted by Crippen LogP contribution is 2.42. The number of rotatable bonds is 3. The summed E-state index contributed by atoms with van der Waals surface area (Å²) < 4.78 is 47.1. The first kappa shape index (κ1) is 12.7. The van der Waals surface area contributed by atoms with E-state index in [-0.39, 0.29) is 17.3 Å². The average molecular weight is 281 g/mol. The second-order valence-corrected chi connectivity index (χ2v) is 4.31. The van der Waals surface area contributed by atoms with E-state index in [1.54, 1.807) is 18.2 Å². The minimum atomic E-state index is -3.61. The Kier molecular flexibility index (Phi) is 2.93. The largest absolute Gasteiger partial charge is 0.586 e. The quantitative estimate of drug-likeness (QED) is 0.929. The van der Waals surface area contributed by atoms with Gasteiger partial charge in [0, 0.05) is 18.3 Å². The molecule has 3 rings (SSSR count). The van der Waals surface area contributed by atoms with Crippen LogP contribution in [0.15, 0.2) is 42.5 Å². The lowest BCUT2D eigenvalue weighted by Gasteiger charge is -2.07. The van der Waals surface area contributed by atoms with Crippen molar-refractivity contribution >= 4 is 5.69 Å². The molecule has 6 heteroatoms. The highest BCUT2D eigenvalue weighted by atomic mass is 19.3. The minimum absolute atomic E-state index is 0.00216. The second kappa shape index (κ2) is 4.63. The zero-order valence-electron chi connectivity index (χ0n) is 10.2. The van der Waals surface area contributed by atoms with Crippen LogP contribution in [0.4, 0.5) is 18.9 Å². The Labute approximate surface area is 112 Å². The zero-order chi connectivity index (χ0) is 14.2. The van der Waals surface area contributed by atoms with Gasteiger partial charge in [0.15, 0.2) is 11.5 Å². The molecule has 1 N–H and O–H groups in total. The van der Waals surface area contributed by atoms with Crippen molar-refractivity contribution in [1.82, 2.24) is 0 Å². The number of fused-ring (bicyclic) bond motifs is 1. The Morgan fingerprint density at radius 1 is 0.950 bits per heavy atom. The second-order valence-electron chi connectivity index (χ2n) is 4.31. The molecular formula is C14H10F3NO2. The van der Waals surface area contributed by atoms with E-state index in [1.165, 1.54) is 24.3 Å². The van der Waals surface area contributed by atoms with Gasteiger partial charge in [0.25, 0.3) is 0 Å². The first-order valence-corrected chi connectivity index (χ1v) is 5.90. The van der Waals surface area contributed by atoms with Gasteiger partial charge in [-0.2, -0.15) is 0 Å². The summed E-state index contributed by atoms with van der Waals surface area (Å²) in [6.07, 6.45) is -3.61. The fraction of sp³-hybridized carbons (Fsp3) is 0.143. The summed E-state index contributed by atoms with van der Waals surface area (Å²) in [4.78, 5) is 0. The molecule has 0 aromatic heterocycles. The molecule has 0 saturated heterocycles. The maximum absolute atomic E-state index is 12.9. The van der Waals surface area contributed by atoms with Crippen molar-refractivity contribution in [2.45, 2.75) is 12.8 Å². The first-order valence-electron chi connectivity index (χ1n) is 5.90. The van der Waals surface area contributed by atoms with Crippen LogP contribution < -0.4 is 14.8 Å². The summed E-state index contributed by atoms with van der Waals surface area (Å²) in [6.45, 7) is 0.441. The molecule has 0 fully saturated rings. The Morgan fingerprint density at radius 2 is 1.65 bits per heavy atom. The van der Waals surface area contributed by atoms with Crippen LogP contribution in [0.1, 0.15) is 5.56 Å². The lowest BCUT2D eigenvalue weighted by atomic mass is 10.2. The van der Waals surface area contributed by atoms with Crippen LogP contribution in [0, 0.1) is 5.82 Å². The number of hydrogen-bond acceptors (Lipinski definition) is 3. The molecule has 0 aliphatic carbocycles. The molecule has 0 bridgehead atoms. The van der Waals surface area contributed by atoms with E-state index in [1.807, 2.05) is 0 Å². The molecule has 0 atom stereocenters. The van der Waals surface area contributed by atoms with Crippen molar-refractivity contribution in [3.05, 3.63) is 53.8 Å². The van der Waals surface area contributed by atoms with Crippen LogP contribution in [-0.4, -0.2) is 6.29 Å². The smallest absolute Gasteiger partial charge is 0.395 e. The molecule has 0 saturated carbocycles. The maximum Gasteiger partial charge on any atom is 0.586 e. The molecule has 0 unspecified atom stereocenters. The molecule has 1 aliphatic heterocycles. The average Bonchev–Trinajstić information content (AvgIpc) is 2.71. The summed E-state index contributed by atoms with van der Waals surface area (Å²) in [7, 11) is 0. The number of halogens is 3. The van der Waals surface area contributed by atoms with Gasteiger partial charge in [0.2, 0.25) is 0 Å². The topological polar surface area (TPSA) is 30.5 Å². The summed E-state index contributed by atoms with van der Waals surface area (Å²) in [6, 6.07) is 10.4. The molecule has 20 heavy (non-hydrogen) atoms. The van der Waals surface area contributed by atoms with Crippen LogP contribution in [0.5, 0.6) is 11.5 Å². The molecule has 2 aromatic rings.